The van der Waals surface area contributed by atoms with Gasteiger partial charge >= 0.3 is 0 Å². The number of hydrogen-bond acceptors (Lipinski definition) is 6. The van der Waals surface area contributed by atoms with Gasteiger partial charge in [-0.2, -0.15) is 0 Å². The van der Waals surface area contributed by atoms with Crippen LogP contribution < -0.4 is 19.3 Å². The van der Waals surface area contributed by atoms with Crippen molar-refractivity contribution in [2.45, 2.75) is 11.8 Å². The Morgan fingerprint density at radius 1 is 1.24 bits per heavy atom. The van der Waals surface area contributed by atoms with E-state index in [1.165, 1.54) is 43.5 Å². The number of carbonyl (C=O) groups is 1. The lowest BCUT2D eigenvalue weighted by Gasteiger charge is -2.13. The molecule has 0 atom stereocenters. The molecule has 0 saturated heterocycles. The second-order valence-corrected chi connectivity index (χ2v) is 7.10. The molecule has 0 aromatic heterocycles. The maximum Gasteiger partial charge on any atom is 0.265 e. The van der Waals surface area contributed by atoms with Crippen LogP contribution in [-0.4, -0.2) is 28.1 Å². The second-order valence-electron chi connectivity index (χ2n) is 5.04. The summed E-state index contributed by atoms with van der Waals surface area (Å²) in [4.78, 5) is 10.3. The maximum atomic E-state index is 12.6. The number of sulfonamides is 1. The molecule has 0 bridgehead atoms. The molecule has 0 fully saturated rings. The minimum Gasteiger partial charge on any atom is -0.546 e. The SMILES string of the molecule is COc1cc(C)c(Cl)cc1S(=O)(=O)Nc1ccc(OCC(=O)[O-])cc1. The van der Waals surface area contributed by atoms with Crippen LogP contribution in [0.25, 0.3) is 0 Å². The number of ether oxygens (including phenoxy) is 2. The zero-order chi connectivity index (χ0) is 18.6. The average molecular weight is 385 g/mol. The molecule has 134 valence electrons. The van der Waals surface area contributed by atoms with E-state index >= 15 is 0 Å². The van der Waals surface area contributed by atoms with E-state index in [4.69, 9.17) is 21.1 Å². The van der Waals surface area contributed by atoms with Crippen LogP contribution >= 0.6 is 11.6 Å². The molecule has 9 heteroatoms. The van der Waals surface area contributed by atoms with Crippen molar-refractivity contribution in [2.75, 3.05) is 18.4 Å². The van der Waals surface area contributed by atoms with E-state index in [1.54, 1.807) is 6.92 Å². The van der Waals surface area contributed by atoms with Crippen molar-refractivity contribution in [1.82, 2.24) is 0 Å². The number of benzene rings is 2. The highest BCUT2D eigenvalue weighted by Gasteiger charge is 2.21. The fraction of sp³-hybridized carbons (Fsp3) is 0.188. The Kier molecular flexibility index (Phi) is 5.76. The number of halogens is 1. The van der Waals surface area contributed by atoms with Gasteiger partial charge in [-0.25, -0.2) is 8.42 Å². The van der Waals surface area contributed by atoms with E-state index in [9.17, 15) is 18.3 Å². The molecule has 0 saturated carbocycles. The summed E-state index contributed by atoms with van der Waals surface area (Å²) in [6.07, 6.45) is 0. The third-order valence-electron chi connectivity index (χ3n) is 3.20. The first-order valence-electron chi connectivity index (χ1n) is 7.02. The first kappa shape index (κ1) is 18.9. The third kappa shape index (κ3) is 4.77. The van der Waals surface area contributed by atoms with Gasteiger partial charge in [-0.1, -0.05) is 11.6 Å². The highest BCUT2D eigenvalue weighted by molar-refractivity contribution is 7.92. The molecule has 0 aliphatic heterocycles. The molecule has 2 aromatic rings. The van der Waals surface area contributed by atoms with Crippen LogP contribution in [0.1, 0.15) is 5.56 Å². The van der Waals surface area contributed by atoms with Gasteiger partial charge in [0, 0.05) is 10.7 Å². The molecule has 0 radical (unpaired) electrons. The molecule has 0 heterocycles. The van der Waals surface area contributed by atoms with Crippen molar-refractivity contribution in [1.29, 1.82) is 0 Å². The largest absolute Gasteiger partial charge is 0.546 e. The van der Waals surface area contributed by atoms with Gasteiger partial charge in [0.2, 0.25) is 0 Å². The topological polar surface area (TPSA) is 105 Å². The number of aliphatic carboxylic acids is 1. The van der Waals surface area contributed by atoms with Crippen molar-refractivity contribution in [3.8, 4) is 11.5 Å². The zero-order valence-electron chi connectivity index (χ0n) is 13.4. The van der Waals surface area contributed by atoms with Crippen LogP contribution in [0.4, 0.5) is 5.69 Å². The second kappa shape index (κ2) is 7.62. The zero-order valence-corrected chi connectivity index (χ0v) is 15.0. The standard InChI is InChI=1S/C16H16ClNO6S/c1-10-7-14(23-2)15(8-13(10)17)25(21,22)18-11-3-5-12(6-4-11)24-9-16(19)20/h3-8,18H,9H2,1-2H3,(H,19,20)/p-1. The number of carbonyl (C=O) groups excluding carboxylic acids is 1. The number of nitrogens with one attached hydrogen (secondary N) is 1. The first-order valence-corrected chi connectivity index (χ1v) is 8.88. The van der Waals surface area contributed by atoms with Gasteiger partial charge in [-0.3, -0.25) is 4.72 Å². The summed E-state index contributed by atoms with van der Waals surface area (Å²) in [5.41, 5.74) is 0.950. The Hall–Kier alpha value is -2.45. The van der Waals surface area contributed by atoms with E-state index in [1.807, 2.05) is 0 Å². The van der Waals surface area contributed by atoms with Gasteiger partial charge in [0.1, 0.15) is 23.0 Å². The van der Waals surface area contributed by atoms with Crippen LogP contribution in [0, 0.1) is 6.92 Å². The van der Waals surface area contributed by atoms with Crippen LogP contribution in [0.5, 0.6) is 11.5 Å². The number of carboxylic acids is 1. The smallest absolute Gasteiger partial charge is 0.265 e. The highest BCUT2D eigenvalue weighted by atomic mass is 35.5. The molecule has 25 heavy (non-hydrogen) atoms. The summed E-state index contributed by atoms with van der Waals surface area (Å²) in [5.74, 6) is -0.917. The quantitative estimate of drug-likeness (QED) is 0.777. The van der Waals surface area contributed by atoms with Gasteiger partial charge < -0.3 is 19.4 Å². The molecule has 2 aromatic carbocycles. The Bertz CT molecular complexity index is 880. The number of anilines is 1. The lowest BCUT2D eigenvalue weighted by Crippen LogP contribution is -2.28. The Morgan fingerprint density at radius 3 is 2.44 bits per heavy atom. The molecule has 2 rings (SSSR count). The molecule has 7 nitrogen and oxygen atoms in total. The molecule has 0 aliphatic carbocycles. The first-order chi connectivity index (χ1) is 11.7. The molecular weight excluding hydrogens is 370 g/mol. The van der Waals surface area contributed by atoms with E-state index in [0.717, 1.165) is 0 Å². The van der Waals surface area contributed by atoms with Crippen LogP contribution in [-0.2, 0) is 14.8 Å². The van der Waals surface area contributed by atoms with Crippen molar-refractivity contribution < 1.29 is 27.8 Å². The van der Waals surface area contributed by atoms with Crippen molar-refractivity contribution in [3.63, 3.8) is 0 Å². The van der Waals surface area contributed by atoms with Gasteiger partial charge in [-0.05, 0) is 48.9 Å². The summed E-state index contributed by atoms with van der Waals surface area (Å²) >= 11 is 6.02. The molecule has 0 amide bonds. The summed E-state index contributed by atoms with van der Waals surface area (Å²) in [6.45, 7) is 1.14. The fourth-order valence-electron chi connectivity index (χ4n) is 1.98. The van der Waals surface area contributed by atoms with Crippen LogP contribution in [0.15, 0.2) is 41.3 Å². The minimum absolute atomic E-state index is 0.0946. The molecule has 0 unspecified atom stereocenters. The highest BCUT2D eigenvalue weighted by Crippen LogP contribution is 2.31. The maximum absolute atomic E-state index is 12.6. The third-order valence-corrected chi connectivity index (χ3v) is 5.01. The van der Waals surface area contributed by atoms with Crippen LogP contribution in [0.3, 0.4) is 0 Å². The summed E-state index contributed by atoms with van der Waals surface area (Å²) in [7, 11) is -2.57. The average Bonchev–Trinajstić information content (AvgIpc) is 2.55. The van der Waals surface area contributed by atoms with E-state index in [2.05, 4.69) is 4.72 Å². The van der Waals surface area contributed by atoms with Gasteiger partial charge in [0.15, 0.2) is 0 Å². The van der Waals surface area contributed by atoms with Gasteiger partial charge in [0.05, 0.1) is 13.1 Å². The number of carboxylic acid groups (broad SMARTS) is 1. The van der Waals surface area contributed by atoms with E-state index < -0.39 is 22.6 Å². The molecule has 0 spiro atoms. The predicted molar refractivity (Wildman–Crippen MR) is 90.5 cm³/mol. The van der Waals surface area contributed by atoms with Crippen molar-refractivity contribution in [3.05, 3.63) is 47.0 Å². The minimum atomic E-state index is -3.94. The van der Waals surface area contributed by atoms with Crippen molar-refractivity contribution in [2.24, 2.45) is 0 Å². The molecule has 0 aliphatic rings. The monoisotopic (exact) mass is 384 g/mol. The Morgan fingerprint density at radius 2 is 1.88 bits per heavy atom. The van der Waals surface area contributed by atoms with Crippen LogP contribution in [0.2, 0.25) is 5.02 Å². The number of methoxy groups -OCH3 is 1. The molecular formula is C16H15ClNO6S-. The van der Waals surface area contributed by atoms with Gasteiger partial charge in [0.25, 0.3) is 10.0 Å². The molecule has 1 N–H and O–H groups in total. The lowest BCUT2D eigenvalue weighted by molar-refractivity contribution is -0.307. The summed E-state index contributed by atoms with van der Waals surface area (Å²) in [6, 6.07) is 8.58. The summed E-state index contributed by atoms with van der Waals surface area (Å²) < 4.78 is 37.6. The summed E-state index contributed by atoms with van der Waals surface area (Å²) in [5, 5.41) is 10.6. The Balaban J connectivity index is 2.24. The Labute approximate surface area is 150 Å². The van der Waals surface area contributed by atoms with Gasteiger partial charge in [-0.15, -0.1) is 0 Å². The number of hydrogen-bond donors (Lipinski definition) is 1. The number of aryl methyl sites for hydroxylation is 1. The number of rotatable bonds is 7. The predicted octanol–water partition coefficient (Wildman–Crippen LogP) is 1.59. The fourth-order valence-corrected chi connectivity index (χ4v) is 3.44. The van der Waals surface area contributed by atoms with E-state index in [-0.39, 0.29) is 22.1 Å². The normalized spacial score (nSPS) is 11.0. The van der Waals surface area contributed by atoms with Crippen molar-refractivity contribution >= 4 is 33.3 Å². The lowest BCUT2D eigenvalue weighted by atomic mass is 10.2. The van der Waals surface area contributed by atoms with E-state index in [0.29, 0.717) is 10.6 Å².